The Morgan fingerprint density at radius 2 is 1.55 bits per heavy atom. The van der Waals surface area contributed by atoms with E-state index >= 15 is 0 Å². The van der Waals surface area contributed by atoms with Crippen LogP contribution in [0.25, 0.3) is 11.4 Å². The summed E-state index contributed by atoms with van der Waals surface area (Å²) in [7, 11) is 6.73. The highest BCUT2D eigenvalue weighted by molar-refractivity contribution is 5.71. The van der Waals surface area contributed by atoms with Gasteiger partial charge in [0.2, 0.25) is 17.5 Å². The smallest absolute Gasteiger partial charge is 0.241 e. The molecule has 0 aliphatic heterocycles. The first-order valence-corrected chi connectivity index (χ1v) is 9.47. The van der Waals surface area contributed by atoms with Crippen LogP contribution in [-0.2, 0) is 19.5 Å². The number of nitrogens with zero attached hydrogens (tertiary/aromatic N) is 3. The van der Waals surface area contributed by atoms with Crippen molar-refractivity contribution < 1.29 is 18.7 Å². The van der Waals surface area contributed by atoms with Gasteiger partial charge in [-0.2, -0.15) is 4.98 Å². The van der Waals surface area contributed by atoms with E-state index in [9.17, 15) is 0 Å². The van der Waals surface area contributed by atoms with Crippen molar-refractivity contribution in [1.82, 2.24) is 15.0 Å². The first-order chi connectivity index (χ1) is 14.1. The van der Waals surface area contributed by atoms with Crippen molar-refractivity contribution in [3.8, 4) is 28.6 Å². The van der Waals surface area contributed by atoms with Crippen LogP contribution >= 0.6 is 0 Å². The number of hydrogen-bond acceptors (Lipinski definition) is 7. The van der Waals surface area contributed by atoms with Crippen LogP contribution in [0.3, 0.4) is 0 Å². The average Bonchev–Trinajstić information content (AvgIpc) is 3.20. The molecule has 0 atom stereocenters. The van der Waals surface area contributed by atoms with Gasteiger partial charge in [0.05, 0.1) is 33.4 Å². The van der Waals surface area contributed by atoms with Gasteiger partial charge in [0.15, 0.2) is 11.5 Å². The first kappa shape index (κ1) is 20.7. The Morgan fingerprint density at radius 3 is 2.17 bits per heavy atom. The van der Waals surface area contributed by atoms with Gasteiger partial charge in [-0.3, -0.25) is 4.90 Å². The Morgan fingerprint density at radius 1 is 0.862 bits per heavy atom. The van der Waals surface area contributed by atoms with Crippen molar-refractivity contribution in [2.45, 2.75) is 26.4 Å². The van der Waals surface area contributed by atoms with Gasteiger partial charge in [0.1, 0.15) is 0 Å². The molecule has 154 valence electrons. The van der Waals surface area contributed by atoms with Gasteiger partial charge >= 0.3 is 0 Å². The Labute approximate surface area is 171 Å². The molecular formula is C22H27N3O4. The van der Waals surface area contributed by atoms with Crippen molar-refractivity contribution in [2.75, 3.05) is 28.4 Å². The van der Waals surface area contributed by atoms with E-state index in [1.54, 1.807) is 27.4 Å². The third-order valence-corrected chi connectivity index (χ3v) is 4.70. The van der Waals surface area contributed by atoms with Crippen LogP contribution in [0.5, 0.6) is 17.2 Å². The lowest BCUT2D eigenvalue weighted by Gasteiger charge is -2.14. The van der Waals surface area contributed by atoms with E-state index in [-0.39, 0.29) is 0 Å². The average molecular weight is 397 g/mol. The number of hydrogen-bond donors (Lipinski definition) is 0. The maximum atomic E-state index is 5.52. The molecule has 0 N–H and O–H groups in total. The van der Waals surface area contributed by atoms with Gasteiger partial charge in [-0.1, -0.05) is 36.3 Å². The molecule has 0 spiro atoms. The molecule has 7 nitrogen and oxygen atoms in total. The number of rotatable bonds is 9. The van der Waals surface area contributed by atoms with Crippen LogP contribution in [0.2, 0.25) is 0 Å². The van der Waals surface area contributed by atoms with Crippen molar-refractivity contribution in [2.24, 2.45) is 0 Å². The van der Waals surface area contributed by atoms with Gasteiger partial charge in [-0.15, -0.1) is 0 Å². The van der Waals surface area contributed by atoms with E-state index in [4.69, 9.17) is 18.7 Å². The van der Waals surface area contributed by atoms with E-state index in [1.807, 2.05) is 13.1 Å². The molecular weight excluding hydrogens is 370 g/mol. The van der Waals surface area contributed by atoms with E-state index < -0.39 is 0 Å². The van der Waals surface area contributed by atoms with Crippen LogP contribution in [0.15, 0.2) is 40.9 Å². The van der Waals surface area contributed by atoms with Crippen LogP contribution in [0.1, 0.15) is 23.9 Å². The molecule has 29 heavy (non-hydrogen) atoms. The second-order valence-electron chi connectivity index (χ2n) is 6.74. The Hall–Kier alpha value is -3.06. The van der Waals surface area contributed by atoms with E-state index in [0.717, 1.165) is 13.0 Å². The molecule has 0 aliphatic carbocycles. The standard InChI is InChI=1S/C22H27N3O4/c1-6-15-7-9-16(10-8-15)13-25(2)14-19-23-22(24-29-19)17-11-12-18(26-3)21(28-5)20(17)27-4/h7-12H,6,13-14H2,1-5H3. The molecule has 2 aromatic carbocycles. The summed E-state index contributed by atoms with van der Waals surface area (Å²) in [5.74, 6) is 2.55. The fraction of sp³-hybridized carbons (Fsp3) is 0.364. The Bertz CT molecular complexity index is 938. The topological polar surface area (TPSA) is 69.9 Å². The number of methoxy groups -OCH3 is 3. The van der Waals surface area contributed by atoms with Gasteiger partial charge in [0, 0.05) is 6.54 Å². The van der Waals surface area contributed by atoms with Gasteiger partial charge in [-0.25, -0.2) is 0 Å². The van der Waals surface area contributed by atoms with Gasteiger partial charge in [-0.05, 0) is 36.7 Å². The predicted molar refractivity (Wildman–Crippen MR) is 110 cm³/mol. The van der Waals surface area contributed by atoms with Crippen molar-refractivity contribution in [3.05, 3.63) is 53.4 Å². The molecule has 3 aromatic rings. The van der Waals surface area contributed by atoms with E-state index in [0.29, 0.717) is 41.1 Å². The highest BCUT2D eigenvalue weighted by atomic mass is 16.5. The molecule has 7 heteroatoms. The summed E-state index contributed by atoms with van der Waals surface area (Å²) in [6.07, 6.45) is 1.04. The molecule has 0 aliphatic rings. The predicted octanol–water partition coefficient (Wildman–Crippen LogP) is 3.96. The fourth-order valence-electron chi connectivity index (χ4n) is 3.18. The van der Waals surface area contributed by atoms with Crippen LogP contribution in [0.4, 0.5) is 0 Å². The number of aryl methyl sites for hydroxylation is 1. The van der Waals surface area contributed by atoms with Crippen LogP contribution < -0.4 is 14.2 Å². The molecule has 0 amide bonds. The largest absolute Gasteiger partial charge is 0.493 e. The van der Waals surface area contributed by atoms with E-state index in [2.05, 4.69) is 46.2 Å². The lowest BCUT2D eigenvalue weighted by Crippen LogP contribution is -2.17. The fourth-order valence-corrected chi connectivity index (χ4v) is 3.18. The zero-order chi connectivity index (χ0) is 20.8. The minimum absolute atomic E-state index is 0.443. The second kappa shape index (κ2) is 9.43. The summed E-state index contributed by atoms with van der Waals surface area (Å²) < 4.78 is 21.7. The SMILES string of the molecule is CCc1ccc(CN(C)Cc2nc(-c3ccc(OC)c(OC)c3OC)no2)cc1. The zero-order valence-electron chi connectivity index (χ0n) is 17.6. The highest BCUT2D eigenvalue weighted by Crippen LogP contribution is 2.43. The molecule has 3 rings (SSSR count). The van der Waals surface area contributed by atoms with Crippen molar-refractivity contribution >= 4 is 0 Å². The summed E-state index contributed by atoms with van der Waals surface area (Å²) >= 11 is 0. The third-order valence-electron chi connectivity index (χ3n) is 4.70. The molecule has 0 bridgehead atoms. The number of benzene rings is 2. The molecule has 1 heterocycles. The first-order valence-electron chi connectivity index (χ1n) is 9.47. The summed E-state index contributed by atoms with van der Waals surface area (Å²) in [6.45, 7) is 3.49. The Balaban J connectivity index is 1.75. The lowest BCUT2D eigenvalue weighted by molar-refractivity contribution is 0.261. The normalized spacial score (nSPS) is 11.0. The quantitative estimate of drug-likeness (QED) is 0.541. The molecule has 0 fully saturated rings. The van der Waals surface area contributed by atoms with Crippen LogP contribution in [-0.4, -0.2) is 43.4 Å². The lowest BCUT2D eigenvalue weighted by atomic mass is 10.1. The van der Waals surface area contributed by atoms with Gasteiger partial charge in [0.25, 0.3) is 0 Å². The number of ether oxygens (including phenoxy) is 3. The Kier molecular flexibility index (Phi) is 6.72. The van der Waals surface area contributed by atoms with Crippen molar-refractivity contribution in [3.63, 3.8) is 0 Å². The molecule has 0 saturated heterocycles. The summed E-state index contributed by atoms with van der Waals surface area (Å²) in [6, 6.07) is 12.3. The van der Waals surface area contributed by atoms with Crippen LogP contribution in [0, 0.1) is 0 Å². The monoisotopic (exact) mass is 397 g/mol. The zero-order valence-corrected chi connectivity index (χ0v) is 17.6. The molecule has 1 aromatic heterocycles. The van der Waals surface area contributed by atoms with E-state index in [1.165, 1.54) is 11.1 Å². The van der Waals surface area contributed by atoms with Gasteiger partial charge < -0.3 is 18.7 Å². The summed E-state index contributed by atoms with van der Waals surface area (Å²) in [5, 5.41) is 4.12. The minimum atomic E-state index is 0.443. The molecule has 0 saturated carbocycles. The number of aromatic nitrogens is 2. The maximum Gasteiger partial charge on any atom is 0.241 e. The molecule has 0 radical (unpaired) electrons. The third kappa shape index (κ3) is 4.68. The minimum Gasteiger partial charge on any atom is -0.493 e. The highest BCUT2D eigenvalue weighted by Gasteiger charge is 2.21. The van der Waals surface area contributed by atoms with Crippen molar-refractivity contribution in [1.29, 1.82) is 0 Å². The second-order valence-corrected chi connectivity index (χ2v) is 6.74. The summed E-state index contributed by atoms with van der Waals surface area (Å²) in [4.78, 5) is 6.66. The summed E-state index contributed by atoms with van der Waals surface area (Å²) in [5.41, 5.74) is 3.26. The molecule has 0 unspecified atom stereocenters. The maximum absolute atomic E-state index is 5.52.